The molecule has 1 aromatic carbocycles. The van der Waals surface area contributed by atoms with Crippen molar-refractivity contribution in [1.82, 2.24) is 0 Å². The predicted octanol–water partition coefficient (Wildman–Crippen LogP) is 1.53. The second-order valence-corrected chi connectivity index (χ2v) is 4.55. The molecule has 15 heavy (non-hydrogen) atoms. The summed E-state index contributed by atoms with van der Waals surface area (Å²) in [6, 6.07) is 7.70. The van der Waals surface area contributed by atoms with Gasteiger partial charge in [0.05, 0.1) is 5.92 Å². The van der Waals surface area contributed by atoms with Crippen LogP contribution in [0.2, 0.25) is 0 Å². The van der Waals surface area contributed by atoms with Crippen LogP contribution in [-0.2, 0) is 16.0 Å². The smallest absolute Gasteiger partial charge is 0.312 e. The number of carbonyl (C=O) groups excluding carboxylic acids is 1. The summed E-state index contributed by atoms with van der Waals surface area (Å²) < 4.78 is 5.78. The van der Waals surface area contributed by atoms with Gasteiger partial charge < -0.3 is 9.84 Å². The first kappa shape index (κ1) is 10.6. The van der Waals surface area contributed by atoms with Crippen LogP contribution in [0.3, 0.4) is 0 Å². The van der Waals surface area contributed by atoms with Crippen LogP contribution >= 0.6 is 15.9 Å². The van der Waals surface area contributed by atoms with E-state index in [4.69, 9.17) is 4.74 Å². The van der Waals surface area contributed by atoms with Gasteiger partial charge in [-0.2, -0.15) is 0 Å². The number of cyclic esters (lactones) is 1. The van der Waals surface area contributed by atoms with Gasteiger partial charge in [-0.3, -0.25) is 4.79 Å². The minimum absolute atomic E-state index is 0.125. The zero-order valence-corrected chi connectivity index (χ0v) is 9.61. The molecular formula is C11H11BrO3. The lowest BCUT2D eigenvalue weighted by atomic mass is 9.96. The summed E-state index contributed by atoms with van der Waals surface area (Å²) >= 11 is 3.34. The Balaban J connectivity index is 2.08. The van der Waals surface area contributed by atoms with Gasteiger partial charge in [0, 0.05) is 4.47 Å². The Morgan fingerprint density at radius 2 is 2.07 bits per heavy atom. The lowest BCUT2D eigenvalue weighted by molar-refractivity contribution is -0.141. The number of aliphatic hydroxyl groups excluding tert-OH is 1. The molecular weight excluding hydrogens is 260 g/mol. The molecule has 0 aromatic heterocycles. The van der Waals surface area contributed by atoms with Gasteiger partial charge in [0.1, 0.15) is 12.7 Å². The number of ether oxygens (including phenoxy) is 1. The summed E-state index contributed by atoms with van der Waals surface area (Å²) in [4.78, 5) is 11.3. The maximum absolute atomic E-state index is 11.3. The van der Waals surface area contributed by atoms with E-state index in [0.717, 1.165) is 10.0 Å². The van der Waals surface area contributed by atoms with E-state index in [1.165, 1.54) is 0 Å². The minimum atomic E-state index is -0.666. The Hall–Kier alpha value is -0.870. The lowest BCUT2D eigenvalue weighted by Gasteiger charge is -2.09. The molecule has 1 N–H and O–H groups in total. The van der Waals surface area contributed by atoms with E-state index in [1.807, 2.05) is 24.3 Å². The molecule has 0 spiro atoms. The van der Waals surface area contributed by atoms with Crippen molar-refractivity contribution in [2.75, 3.05) is 6.61 Å². The number of rotatable bonds is 2. The van der Waals surface area contributed by atoms with Crippen molar-refractivity contribution < 1.29 is 14.6 Å². The topological polar surface area (TPSA) is 46.5 Å². The van der Waals surface area contributed by atoms with Gasteiger partial charge in [0.2, 0.25) is 0 Å². The van der Waals surface area contributed by atoms with Gasteiger partial charge in [0.25, 0.3) is 0 Å². The molecule has 0 radical (unpaired) electrons. The number of esters is 1. The zero-order chi connectivity index (χ0) is 10.8. The average molecular weight is 271 g/mol. The predicted molar refractivity (Wildman–Crippen MR) is 58.3 cm³/mol. The van der Waals surface area contributed by atoms with Gasteiger partial charge in [-0.05, 0) is 24.1 Å². The first-order chi connectivity index (χ1) is 7.16. The molecule has 0 aliphatic carbocycles. The molecule has 1 aliphatic heterocycles. The molecule has 2 atom stereocenters. The van der Waals surface area contributed by atoms with E-state index in [0.29, 0.717) is 6.42 Å². The average Bonchev–Trinajstić information content (AvgIpc) is 2.53. The molecule has 0 unspecified atom stereocenters. The fourth-order valence-corrected chi connectivity index (χ4v) is 1.91. The third-order valence-corrected chi connectivity index (χ3v) is 3.06. The van der Waals surface area contributed by atoms with Crippen molar-refractivity contribution in [3.05, 3.63) is 34.3 Å². The van der Waals surface area contributed by atoms with E-state index < -0.39 is 12.0 Å². The van der Waals surface area contributed by atoms with E-state index in [9.17, 15) is 9.90 Å². The molecule has 3 nitrogen and oxygen atoms in total. The normalized spacial score (nSPS) is 25.3. The Morgan fingerprint density at radius 3 is 2.60 bits per heavy atom. The van der Waals surface area contributed by atoms with E-state index in [-0.39, 0.29) is 12.6 Å². The van der Waals surface area contributed by atoms with Crippen LogP contribution in [0.4, 0.5) is 0 Å². The molecule has 1 fully saturated rings. The molecule has 0 amide bonds. The zero-order valence-electron chi connectivity index (χ0n) is 8.02. The van der Waals surface area contributed by atoms with Crippen LogP contribution in [0.1, 0.15) is 5.56 Å². The van der Waals surface area contributed by atoms with Gasteiger partial charge in [-0.15, -0.1) is 0 Å². The Labute approximate surface area is 96.2 Å². The first-order valence-electron chi connectivity index (χ1n) is 4.76. The highest BCUT2D eigenvalue weighted by Gasteiger charge is 2.35. The van der Waals surface area contributed by atoms with Gasteiger partial charge >= 0.3 is 5.97 Å². The SMILES string of the molecule is O=C1OC[C@@H](O)[C@@H]1Cc1ccc(Br)cc1. The fourth-order valence-electron chi connectivity index (χ4n) is 1.64. The summed E-state index contributed by atoms with van der Waals surface area (Å²) in [6.45, 7) is 0.125. The third kappa shape index (κ3) is 2.38. The Kier molecular flexibility index (Phi) is 3.07. The van der Waals surface area contributed by atoms with E-state index in [1.54, 1.807) is 0 Å². The second kappa shape index (κ2) is 4.33. The van der Waals surface area contributed by atoms with Crippen LogP contribution in [0.5, 0.6) is 0 Å². The third-order valence-electron chi connectivity index (χ3n) is 2.53. The van der Waals surface area contributed by atoms with Crippen molar-refractivity contribution in [2.45, 2.75) is 12.5 Å². The number of hydrogen-bond donors (Lipinski definition) is 1. The summed E-state index contributed by atoms with van der Waals surface area (Å²) in [5, 5.41) is 9.52. The summed E-state index contributed by atoms with van der Waals surface area (Å²) in [6.07, 6.45) is -0.131. The molecule has 2 rings (SSSR count). The van der Waals surface area contributed by atoms with Crippen molar-refractivity contribution in [3.63, 3.8) is 0 Å². The molecule has 1 heterocycles. The van der Waals surface area contributed by atoms with Crippen LogP contribution < -0.4 is 0 Å². The summed E-state index contributed by atoms with van der Waals surface area (Å²) in [7, 11) is 0. The van der Waals surface area contributed by atoms with Gasteiger partial charge in [-0.1, -0.05) is 28.1 Å². The fraction of sp³-hybridized carbons (Fsp3) is 0.364. The van der Waals surface area contributed by atoms with Crippen molar-refractivity contribution in [3.8, 4) is 0 Å². The molecule has 1 aromatic rings. The van der Waals surface area contributed by atoms with Crippen LogP contribution in [-0.4, -0.2) is 23.8 Å². The molecule has 1 saturated heterocycles. The van der Waals surface area contributed by atoms with Crippen molar-refractivity contribution >= 4 is 21.9 Å². The van der Waals surface area contributed by atoms with E-state index >= 15 is 0 Å². The highest BCUT2D eigenvalue weighted by atomic mass is 79.9. The van der Waals surface area contributed by atoms with Gasteiger partial charge in [0.15, 0.2) is 0 Å². The first-order valence-corrected chi connectivity index (χ1v) is 5.55. The number of benzene rings is 1. The number of hydrogen-bond acceptors (Lipinski definition) is 3. The summed E-state index contributed by atoms with van der Waals surface area (Å²) in [5.74, 6) is -0.711. The quantitative estimate of drug-likeness (QED) is 0.830. The highest BCUT2D eigenvalue weighted by Crippen LogP contribution is 2.21. The summed E-state index contributed by atoms with van der Waals surface area (Å²) in [5.41, 5.74) is 1.03. The number of aliphatic hydroxyl groups is 1. The standard InChI is InChI=1S/C11H11BrO3/c12-8-3-1-7(2-4-8)5-9-10(13)6-15-11(9)14/h1-4,9-10,13H,5-6H2/t9-,10+/m0/s1. The molecule has 4 heteroatoms. The number of carbonyl (C=O) groups is 1. The van der Waals surface area contributed by atoms with Crippen LogP contribution in [0.15, 0.2) is 28.7 Å². The maximum atomic E-state index is 11.3. The molecule has 0 saturated carbocycles. The largest absolute Gasteiger partial charge is 0.463 e. The lowest BCUT2D eigenvalue weighted by Crippen LogP contribution is -2.22. The number of halogens is 1. The molecule has 0 bridgehead atoms. The van der Waals surface area contributed by atoms with Crippen LogP contribution in [0.25, 0.3) is 0 Å². The Morgan fingerprint density at radius 1 is 1.40 bits per heavy atom. The second-order valence-electron chi connectivity index (χ2n) is 3.63. The monoisotopic (exact) mass is 270 g/mol. The minimum Gasteiger partial charge on any atom is -0.463 e. The van der Waals surface area contributed by atoms with E-state index in [2.05, 4.69) is 15.9 Å². The van der Waals surface area contributed by atoms with Crippen molar-refractivity contribution in [1.29, 1.82) is 0 Å². The molecule has 1 aliphatic rings. The van der Waals surface area contributed by atoms with Gasteiger partial charge in [-0.25, -0.2) is 0 Å². The highest BCUT2D eigenvalue weighted by molar-refractivity contribution is 9.10. The van der Waals surface area contributed by atoms with Crippen LogP contribution in [0, 0.1) is 5.92 Å². The molecule has 80 valence electrons. The van der Waals surface area contributed by atoms with Crippen molar-refractivity contribution in [2.24, 2.45) is 5.92 Å². The Bertz CT molecular complexity index is 361. The maximum Gasteiger partial charge on any atom is 0.312 e.